The van der Waals surface area contributed by atoms with Crippen molar-refractivity contribution in [2.24, 2.45) is 11.7 Å². The number of hydrogen-bond acceptors (Lipinski definition) is 2. The van der Waals surface area contributed by atoms with Gasteiger partial charge in [-0.15, -0.1) is 0 Å². The molecule has 96 valence electrons. The quantitative estimate of drug-likeness (QED) is 0.851. The van der Waals surface area contributed by atoms with Crippen molar-refractivity contribution in [2.45, 2.75) is 39.7 Å². The standard InChI is InChI=1S/C14H22BrNO/c1-4-11(5-2)9-17-14-7-6-12(15)8-13(14)10(3)16/h6-8,10-11H,4-5,9,16H2,1-3H3. The fraction of sp³-hybridized carbons (Fsp3) is 0.571. The van der Waals surface area contributed by atoms with E-state index in [1.807, 2.05) is 25.1 Å². The summed E-state index contributed by atoms with van der Waals surface area (Å²) in [7, 11) is 0. The van der Waals surface area contributed by atoms with Crippen molar-refractivity contribution in [1.29, 1.82) is 0 Å². The van der Waals surface area contributed by atoms with E-state index in [9.17, 15) is 0 Å². The van der Waals surface area contributed by atoms with Crippen LogP contribution in [-0.4, -0.2) is 6.61 Å². The lowest BCUT2D eigenvalue weighted by Gasteiger charge is -2.18. The summed E-state index contributed by atoms with van der Waals surface area (Å²) in [6, 6.07) is 6.01. The monoisotopic (exact) mass is 299 g/mol. The number of ether oxygens (including phenoxy) is 1. The Morgan fingerprint density at radius 2 is 1.94 bits per heavy atom. The molecule has 0 fully saturated rings. The van der Waals surface area contributed by atoms with Gasteiger partial charge in [-0.25, -0.2) is 0 Å². The zero-order chi connectivity index (χ0) is 12.8. The highest BCUT2D eigenvalue weighted by atomic mass is 79.9. The Balaban J connectivity index is 2.76. The Morgan fingerprint density at radius 1 is 1.29 bits per heavy atom. The molecule has 0 aliphatic heterocycles. The molecule has 0 saturated carbocycles. The predicted octanol–water partition coefficient (Wildman–Crippen LogP) is 4.28. The molecular formula is C14H22BrNO. The first-order chi connectivity index (χ1) is 8.08. The normalized spacial score (nSPS) is 12.8. The lowest BCUT2D eigenvalue weighted by molar-refractivity contribution is 0.238. The van der Waals surface area contributed by atoms with Crippen molar-refractivity contribution in [2.75, 3.05) is 6.61 Å². The van der Waals surface area contributed by atoms with Crippen LogP contribution >= 0.6 is 15.9 Å². The van der Waals surface area contributed by atoms with Crippen LogP contribution in [-0.2, 0) is 0 Å². The molecule has 1 unspecified atom stereocenters. The molecule has 3 heteroatoms. The first-order valence-corrected chi connectivity index (χ1v) is 7.05. The number of nitrogens with two attached hydrogens (primary N) is 1. The SMILES string of the molecule is CCC(CC)COc1ccc(Br)cc1C(C)N. The van der Waals surface area contributed by atoms with Crippen molar-refractivity contribution in [3.05, 3.63) is 28.2 Å². The van der Waals surface area contributed by atoms with Crippen molar-refractivity contribution in [1.82, 2.24) is 0 Å². The largest absolute Gasteiger partial charge is 0.493 e. The second-order valence-electron chi connectivity index (χ2n) is 4.46. The summed E-state index contributed by atoms with van der Waals surface area (Å²) < 4.78 is 6.94. The van der Waals surface area contributed by atoms with Crippen LogP contribution in [0.4, 0.5) is 0 Å². The zero-order valence-electron chi connectivity index (χ0n) is 10.9. The van der Waals surface area contributed by atoms with Gasteiger partial charge in [0.15, 0.2) is 0 Å². The molecular weight excluding hydrogens is 278 g/mol. The van der Waals surface area contributed by atoms with Crippen molar-refractivity contribution in [3.63, 3.8) is 0 Å². The smallest absolute Gasteiger partial charge is 0.124 e. The van der Waals surface area contributed by atoms with Gasteiger partial charge >= 0.3 is 0 Å². The Hall–Kier alpha value is -0.540. The Bertz CT molecular complexity index is 348. The third kappa shape index (κ3) is 4.32. The van der Waals surface area contributed by atoms with Crippen molar-refractivity contribution >= 4 is 15.9 Å². The fourth-order valence-electron chi connectivity index (χ4n) is 1.74. The minimum atomic E-state index is -0.01000. The van der Waals surface area contributed by atoms with Gasteiger partial charge in [0, 0.05) is 16.1 Å². The van der Waals surface area contributed by atoms with Crippen LogP contribution in [0, 0.1) is 5.92 Å². The molecule has 0 spiro atoms. The maximum Gasteiger partial charge on any atom is 0.124 e. The van der Waals surface area contributed by atoms with Gasteiger partial charge in [0.05, 0.1) is 6.61 Å². The first kappa shape index (κ1) is 14.5. The number of benzene rings is 1. The Kier molecular flexibility index (Phi) is 6.00. The van der Waals surface area contributed by atoms with Gasteiger partial charge in [-0.1, -0.05) is 42.6 Å². The topological polar surface area (TPSA) is 35.2 Å². The molecule has 1 atom stereocenters. The Morgan fingerprint density at radius 3 is 2.47 bits per heavy atom. The molecule has 17 heavy (non-hydrogen) atoms. The molecule has 0 radical (unpaired) electrons. The number of rotatable bonds is 6. The van der Waals surface area contributed by atoms with Crippen molar-refractivity contribution < 1.29 is 4.74 Å². The molecule has 0 aromatic heterocycles. The zero-order valence-corrected chi connectivity index (χ0v) is 12.5. The van der Waals surface area contributed by atoms with Crippen molar-refractivity contribution in [3.8, 4) is 5.75 Å². The highest BCUT2D eigenvalue weighted by molar-refractivity contribution is 9.10. The van der Waals surface area contributed by atoms with Gasteiger partial charge < -0.3 is 10.5 Å². The average Bonchev–Trinajstić information content (AvgIpc) is 2.31. The minimum absolute atomic E-state index is 0.01000. The summed E-state index contributed by atoms with van der Waals surface area (Å²) in [6.07, 6.45) is 2.31. The summed E-state index contributed by atoms with van der Waals surface area (Å²) in [4.78, 5) is 0. The van der Waals surface area contributed by atoms with E-state index in [2.05, 4.69) is 29.8 Å². The van der Waals surface area contributed by atoms with E-state index in [4.69, 9.17) is 10.5 Å². The lowest BCUT2D eigenvalue weighted by Crippen LogP contribution is -2.13. The van der Waals surface area contributed by atoms with E-state index in [0.717, 1.165) is 35.2 Å². The summed E-state index contributed by atoms with van der Waals surface area (Å²) in [5, 5.41) is 0. The molecule has 0 saturated heterocycles. The molecule has 0 heterocycles. The van der Waals surface area contributed by atoms with Gasteiger partial charge in [0.25, 0.3) is 0 Å². The van der Waals surface area contributed by atoms with Gasteiger partial charge in [0.1, 0.15) is 5.75 Å². The lowest BCUT2D eigenvalue weighted by atomic mass is 10.0. The van der Waals surface area contributed by atoms with Crippen LogP contribution in [0.1, 0.15) is 45.2 Å². The number of hydrogen-bond donors (Lipinski definition) is 1. The first-order valence-electron chi connectivity index (χ1n) is 6.26. The molecule has 0 amide bonds. The van der Waals surface area contributed by atoms with Gasteiger partial charge in [-0.2, -0.15) is 0 Å². The molecule has 0 aliphatic rings. The summed E-state index contributed by atoms with van der Waals surface area (Å²) in [6.45, 7) is 7.15. The highest BCUT2D eigenvalue weighted by Gasteiger charge is 2.11. The molecule has 2 N–H and O–H groups in total. The molecule has 0 aliphatic carbocycles. The predicted molar refractivity (Wildman–Crippen MR) is 76.3 cm³/mol. The van der Waals surface area contributed by atoms with E-state index < -0.39 is 0 Å². The second-order valence-corrected chi connectivity index (χ2v) is 5.38. The summed E-state index contributed by atoms with van der Waals surface area (Å²) >= 11 is 3.46. The van der Waals surface area contributed by atoms with Gasteiger partial charge in [-0.05, 0) is 31.0 Å². The fourth-order valence-corrected chi connectivity index (χ4v) is 2.12. The van der Waals surface area contributed by atoms with Crippen LogP contribution in [0.3, 0.4) is 0 Å². The maximum absolute atomic E-state index is 5.95. The highest BCUT2D eigenvalue weighted by Crippen LogP contribution is 2.28. The molecule has 0 bridgehead atoms. The van der Waals surface area contributed by atoms with Gasteiger partial charge in [-0.3, -0.25) is 0 Å². The van der Waals surface area contributed by atoms with Crippen LogP contribution in [0.2, 0.25) is 0 Å². The van der Waals surface area contributed by atoms with Crippen LogP contribution < -0.4 is 10.5 Å². The average molecular weight is 300 g/mol. The molecule has 2 nitrogen and oxygen atoms in total. The van der Waals surface area contributed by atoms with E-state index >= 15 is 0 Å². The molecule has 1 rings (SSSR count). The minimum Gasteiger partial charge on any atom is -0.493 e. The van der Waals surface area contributed by atoms with E-state index in [-0.39, 0.29) is 6.04 Å². The van der Waals surface area contributed by atoms with E-state index in [1.165, 1.54) is 0 Å². The summed E-state index contributed by atoms with van der Waals surface area (Å²) in [5.74, 6) is 1.54. The Labute approximate surface area is 113 Å². The number of halogens is 1. The van der Waals surface area contributed by atoms with Gasteiger partial charge in [0.2, 0.25) is 0 Å². The third-order valence-electron chi connectivity index (χ3n) is 3.09. The van der Waals surface area contributed by atoms with Crippen LogP contribution in [0.5, 0.6) is 5.75 Å². The maximum atomic E-state index is 5.95. The van der Waals surface area contributed by atoms with E-state index in [0.29, 0.717) is 5.92 Å². The summed E-state index contributed by atoms with van der Waals surface area (Å²) in [5.41, 5.74) is 7.01. The molecule has 1 aromatic carbocycles. The van der Waals surface area contributed by atoms with Crippen LogP contribution in [0.25, 0.3) is 0 Å². The molecule has 1 aromatic rings. The van der Waals surface area contributed by atoms with E-state index in [1.54, 1.807) is 0 Å². The second kappa shape index (κ2) is 7.02. The van der Waals surface area contributed by atoms with Crippen LogP contribution in [0.15, 0.2) is 22.7 Å². The third-order valence-corrected chi connectivity index (χ3v) is 3.58.